The van der Waals surface area contributed by atoms with Crippen molar-refractivity contribution in [1.29, 1.82) is 0 Å². The maximum absolute atomic E-state index is 13.2. The summed E-state index contributed by atoms with van der Waals surface area (Å²) in [6.45, 7) is 3.21. The molecular formula is C17H20ClFN4O. The number of hydrogen-bond acceptors (Lipinski definition) is 2. The van der Waals surface area contributed by atoms with Gasteiger partial charge in [-0.15, -0.1) is 0 Å². The maximum atomic E-state index is 13.2. The molecule has 1 aliphatic rings. The van der Waals surface area contributed by atoms with Crippen LogP contribution in [0.5, 0.6) is 0 Å². The van der Waals surface area contributed by atoms with Gasteiger partial charge in [-0.1, -0.05) is 17.7 Å². The lowest BCUT2D eigenvalue weighted by atomic mass is 10.1. The molecule has 1 N–H and O–H groups in total. The van der Waals surface area contributed by atoms with Gasteiger partial charge in [0.15, 0.2) is 0 Å². The highest BCUT2D eigenvalue weighted by Crippen LogP contribution is 2.25. The van der Waals surface area contributed by atoms with Gasteiger partial charge in [0.05, 0.1) is 18.4 Å². The molecule has 2 atom stereocenters. The quantitative estimate of drug-likeness (QED) is 0.915. The van der Waals surface area contributed by atoms with Crippen LogP contribution in [0.2, 0.25) is 5.02 Å². The summed E-state index contributed by atoms with van der Waals surface area (Å²) in [6.07, 6.45) is 7.43. The van der Waals surface area contributed by atoms with Crippen molar-refractivity contribution in [2.45, 2.75) is 31.8 Å². The maximum Gasteiger partial charge on any atom is 0.317 e. The molecule has 1 aromatic heterocycles. The molecule has 0 bridgehead atoms. The van der Waals surface area contributed by atoms with E-state index in [9.17, 15) is 9.18 Å². The smallest absolute Gasteiger partial charge is 0.317 e. The Kier molecular flexibility index (Phi) is 5.04. The molecule has 0 aliphatic carbocycles. The minimum atomic E-state index is -0.388. The lowest BCUT2D eigenvalue weighted by Gasteiger charge is -2.34. The fraction of sp³-hybridized carbons (Fsp3) is 0.412. The predicted octanol–water partition coefficient (Wildman–Crippen LogP) is 3.78. The lowest BCUT2D eigenvalue weighted by Crippen LogP contribution is -2.46. The van der Waals surface area contributed by atoms with E-state index in [1.165, 1.54) is 12.1 Å². The van der Waals surface area contributed by atoms with Crippen molar-refractivity contribution < 1.29 is 9.18 Å². The van der Waals surface area contributed by atoms with E-state index in [2.05, 4.69) is 10.3 Å². The second-order valence-corrected chi connectivity index (χ2v) is 6.50. The van der Waals surface area contributed by atoms with E-state index < -0.39 is 0 Å². The Morgan fingerprint density at radius 3 is 3.04 bits per heavy atom. The van der Waals surface area contributed by atoms with E-state index in [4.69, 9.17) is 11.6 Å². The fourth-order valence-electron chi connectivity index (χ4n) is 3.07. The standard InChI is InChI=1S/C17H20ClFN4O/c1-12(15-5-4-13(19)9-16(15)18)21-17(24)22-7-2-3-14(10-22)23-8-6-20-11-23/h4-6,8-9,11-12,14H,2-3,7,10H2,1H3,(H,21,24). The van der Waals surface area contributed by atoms with Gasteiger partial charge in [0.25, 0.3) is 0 Å². The Labute approximate surface area is 145 Å². The number of rotatable bonds is 3. The summed E-state index contributed by atoms with van der Waals surface area (Å²) in [5.41, 5.74) is 0.703. The molecule has 7 heteroatoms. The minimum Gasteiger partial charge on any atom is -0.333 e. The zero-order chi connectivity index (χ0) is 17.1. The number of imidazole rings is 1. The molecule has 0 radical (unpaired) electrons. The highest BCUT2D eigenvalue weighted by Gasteiger charge is 2.25. The molecule has 3 rings (SSSR count). The predicted molar refractivity (Wildman–Crippen MR) is 90.4 cm³/mol. The molecule has 24 heavy (non-hydrogen) atoms. The van der Waals surface area contributed by atoms with Gasteiger partial charge in [0.2, 0.25) is 0 Å². The molecule has 5 nitrogen and oxygen atoms in total. The molecule has 1 aromatic carbocycles. The highest BCUT2D eigenvalue weighted by molar-refractivity contribution is 6.31. The van der Waals surface area contributed by atoms with Crippen LogP contribution in [0.25, 0.3) is 0 Å². The van der Waals surface area contributed by atoms with Crippen LogP contribution in [0.4, 0.5) is 9.18 Å². The molecule has 0 saturated carbocycles. The molecule has 2 unspecified atom stereocenters. The Balaban J connectivity index is 1.63. The molecule has 2 aromatic rings. The topological polar surface area (TPSA) is 50.2 Å². The minimum absolute atomic E-state index is 0.132. The van der Waals surface area contributed by atoms with Crippen LogP contribution in [0.15, 0.2) is 36.9 Å². The Bertz CT molecular complexity index is 707. The Morgan fingerprint density at radius 2 is 2.33 bits per heavy atom. The van der Waals surface area contributed by atoms with Crippen LogP contribution in [-0.2, 0) is 0 Å². The van der Waals surface area contributed by atoms with E-state index >= 15 is 0 Å². The van der Waals surface area contributed by atoms with Gasteiger partial charge in [0.1, 0.15) is 5.82 Å². The summed E-state index contributed by atoms with van der Waals surface area (Å²) in [4.78, 5) is 18.4. The molecule has 1 fully saturated rings. The van der Waals surface area contributed by atoms with Crippen molar-refractivity contribution in [1.82, 2.24) is 19.8 Å². The summed E-state index contributed by atoms with van der Waals surface area (Å²) in [5, 5.41) is 3.26. The summed E-state index contributed by atoms with van der Waals surface area (Å²) < 4.78 is 15.2. The number of halogens is 2. The highest BCUT2D eigenvalue weighted by atomic mass is 35.5. The Hall–Kier alpha value is -2.08. The normalized spacial score (nSPS) is 19.1. The van der Waals surface area contributed by atoms with Crippen molar-refractivity contribution in [3.05, 3.63) is 53.3 Å². The summed E-state index contributed by atoms with van der Waals surface area (Å²) in [5.74, 6) is -0.388. The third-order valence-electron chi connectivity index (χ3n) is 4.40. The summed E-state index contributed by atoms with van der Waals surface area (Å²) in [6, 6.07) is 4.03. The van der Waals surface area contributed by atoms with Crippen LogP contribution in [0, 0.1) is 5.82 Å². The van der Waals surface area contributed by atoms with E-state index in [0.29, 0.717) is 17.1 Å². The number of amides is 2. The zero-order valence-corrected chi connectivity index (χ0v) is 14.2. The number of carbonyl (C=O) groups is 1. The number of aromatic nitrogens is 2. The third-order valence-corrected chi connectivity index (χ3v) is 4.73. The molecule has 1 saturated heterocycles. The van der Waals surface area contributed by atoms with Crippen molar-refractivity contribution in [2.24, 2.45) is 0 Å². The van der Waals surface area contributed by atoms with Crippen molar-refractivity contribution in [3.8, 4) is 0 Å². The number of likely N-dealkylation sites (tertiary alicyclic amines) is 1. The molecule has 2 amide bonds. The van der Waals surface area contributed by atoms with Gasteiger partial charge in [0, 0.05) is 30.5 Å². The van der Waals surface area contributed by atoms with Gasteiger partial charge in [-0.3, -0.25) is 0 Å². The fourth-order valence-corrected chi connectivity index (χ4v) is 3.41. The number of urea groups is 1. The molecular weight excluding hydrogens is 331 g/mol. The number of piperidine rings is 1. The number of hydrogen-bond donors (Lipinski definition) is 1. The van der Waals surface area contributed by atoms with Gasteiger partial charge < -0.3 is 14.8 Å². The van der Waals surface area contributed by atoms with E-state index in [-0.39, 0.29) is 23.9 Å². The summed E-state index contributed by atoms with van der Waals surface area (Å²) >= 11 is 6.07. The summed E-state index contributed by atoms with van der Waals surface area (Å²) in [7, 11) is 0. The first-order chi connectivity index (χ1) is 11.5. The second-order valence-electron chi connectivity index (χ2n) is 6.09. The van der Waals surface area contributed by atoms with E-state index in [1.807, 2.05) is 22.6 Å². The average Bonchev–Trinajstić information content (AvgIpc) is 3.09. The van der Waals surface area contributed by atoms with Crippen LogP contribution >= 0.6 is 11.6 Å². The number of carbonyl (C=O) groups excluding carboxylic acids is 1. The van der Waals surface area contributed by atoms with Crippen LogP contribution < -0.4 is 5.32 Å². The SMILES string of the molecule is CC(NC(=O)N1CCCC(n2ccnc2)C1)c1ccc(F)cc1Cl. The first kappa shape index (κ1) is 16.8. The second kappa shape index (κ2) is 7.21. The Morgan fingerprint density at radius 1 is 1.50 bits per heavy atom. The number of benzene rings is 1. The van der Waals surface area contributed by atoms with Gasteiger partial charge >= 0.3 is 6.03 Å². The molecule has 2 heterocycles. The molecule has 1 aliphatic heterocycles. The van der Waals surface area contributed by atoms with Gasteiger partial charge in [-0.25, -0.2) is 14.2 Å². The van der Waals surface area contributed by atoms with Crippen molar-refractivity contribution in [3.63, 3.8) is 0 Å². The van der Waals surface area contributed by atoms with Gasteiger partial charge in [-0.2, -0.15) is 0 Å². The van der Waals surface area contributed by atoms with Crippen LogP contribution in [0.1, 0.15) is 37.4 Å². The molecule has 128 valence electrons. The number of nitrogens with zero attached hydrogens (tertiary/aromatic N) is 3. The van der Waals surface area contributed by atoms with Crippen molar-refractivity contribution >= 4 is 17.6 Å². The monoisotopic (exact) mass is 350 g/mol. The average molecular weight is 351 g/mol. The largest absolute Gasteiger partial charge is 0.333 e. The van der Waals surface area contributed by atoms with Crippen molar-refractivity contribution in [2.75, 3.05) is 13.1 Å². The van der Waals surface area contributed by atoms with E-state index in [0.717, 1.165) is 19.4 Å². The van der Waals surface area contributed by atoms with Gasteiger partial charge in [-0.05, 0) is 37.5 Å². The van der Waals surface area contributed by atoms with Crippen LogP contribution in [0.3, 0.4) is 0 Å². The third kappa shape index (κ3) is 3.70. The first-order valence-electron chi connectivity index (χ1n) is 8.02. The first-order valence-corrected chi connectivity index (χ1v) is 8.40. The van der Waals surface area contributed by atoms with E-state index in [1.54, 1.807) is 18.6 Å². The molecule has 0 spiro atoms. The lowest BCUT2D eigenvalue weighted by molar-refractivity contribution is 0.164. The van der Waals surface area contributed by atoms with Crippen LogP contribution in [-0.4, -0.2) is 33.6 Å². The number of nitrogens with one attached hydrogen (secondary N) is 1. The zero-order valence-electron chi connectivity index (χ0n) is 13.5.